The number of alkyl halides is 6. The van der Waals surface area contributed by atoms with Crippen LogP contribution >= 0.6 is 0 Å². The Balaban J connectivity index is 2.27. The average Bonchev–Trinajstić information content (AvgIpc) is 2.95. The number of aryl methyl sites for hydroxylation is 4. The fourth-order valence-electron chi connectivity index (χ4n) is 6.30. The number of nitrogens with zero attached hydrogens (tertiary/aromatic N) is 2. The molecule has 7 nitrogen and oxygen atoms in total. The number of carbonyl (C=O) groups excluding carboxylic acids is 1. The van der Waals surface area contributed by atoms with Crippen LogP contribution in [0.2, 0.25) is 0 Å². The predicted octanol–water partition coefficient (Wildman–Crippen LogP) is 8.17. The summed E-state index contributed by atoms with van der Waals surface area (Å²) in [7, 11) is 3.43. The Kier molecular flexibility index (Phi) is 12.9. The van der Waals surface area contributed by atoms with Gasteiger partial charge in [-0.1, -0.05) is 31.5 Å². The first-order chi connectivity index (χ1) is 23.4. The number of benzene rings is 2. The van der Waals surface area contributed by atoms with E-state index in [1.165, 1.54) is 13.8 Å². The Morgan fingerprint density at radius 2 is 1.47 bits per heavy atom. The van der Waals surface area contributed by atoms with Gasteiger partial charge in [0.1, 0.15) is 17.7 Å². The van der Waals surface area contributed by atoms with Crippen LogP contribution in [-0.2, 0) is 28.4 Å². The van der Waals surface area contributed by atoms with Gasteiger partial charge in [-0.25, -0.2) is 8.78 Å². The van der Waals surface area contributed by atoms with E-state index in [0.29, 0.717) is 35.4 Å². The van der Waals surface area contributed by atoms with E-state index < -0.39 is 88.1 Å². The van der Waals surface area contributed by atoms with Gasteiger partial charge in [0, 0.05) is 23.4 Å². The van der Waals surface area contributed by atoms with Gasteiger partial charge in [-0.3, -0.25) is 14.4 Å². The molecule has 51 heavy (non-hydrogen) atoms. The van der Waals surface area contributed by atoms with Gasteiger partial charge in [-0.15, -0.1) is 0 Å². The van der Waals surface area contributed by atoms with Crippen molar-refractivity contribution in [3.8, 4) is 11.1 Å². The Hall–Kier alpha value is -4.27. The predicted molar refractivity (Wildman–Crippen MR) is 175 cm³/mol. The zero-order valence-electron chi connectivity index (χ0n) is 29.2. The standard InChI is InChI=1S/C36H41F8N3O4/c1-18(2)11-27(47-17-22(9-8-10-46(6)7)24(15-28(47)48)35(39,40)41)34(51)45-26(16-29(49)50)31-32(37)23(14-25(33(31)38)36(42,43)44)30-20(4)12-19(3)13-21(30)5/h12-15,17-18,26-27H,8-11,16H2,1-7H3,(H,45,51)(H,49,50)/t26-,27?/m0/s1. The summed E-state index contributed by atoms with van der Waals surface area (Å²) in [5.74, 6) is -7.08. The lowest BCUT2D eigenvalue weighted by Gasteiger charge is -2.27. The van der Waals surface area contributed by atoms with Crippen molar-refractivity contribution in [1.82, 2.24) is 14.8 Å². The van der Waals surface area contributed by atoms with Gasteiger partial charge in [-0.05, 0) is 94.9 Å². The topological polar surface area (TPSA) is 91.6 Å². The van der Waals surface area contributed by atoms with Gasteiger partial charge in [-0.2, -0.15) is 26.3 Å². The lowest BCUT2D eigenvalue weighted by Crippen LogP contribution is -2.41. The Labute approximate surface area is 290 Å². The molecule has 280 valence electrons. The second-order valence-electron chi connectivity index (χ2n) is 13.5. The molecule has 0 saturated heterocycles. The molecule has 1 unspecified atom stereocenters. The molecule has 15 heteroatoms. The molecule has 0 bridgehead atoms. The van der Waals surface area contributed by atoms with Gasteiger partial charge in [0.25, 0.3) is 5.56 Å². The molecule has 1 heterocycles. The molecular formula is C36H41F8N3O4. The minimum Gasteiger partial charge on any atom is -0.481 e. The highest BCUT2D eigenvalue weighted by Crippen LogP contribution is 2.42. The number of hydrogen-bond donors (Lipinski definition) is 2. The SMILES string of the molecule is Cc1cc(C)c(-c2cc(C(F)(F)F)c(F)c([C@H](CC(=O)O)NC(=O)C(CC(C)C)n3cc(CCCN(C)C)c(C(F)(F)F)cc3=O)c2F)c(C)c1. The molecule has 2 atom stereocenters. The van der Waals surface area contributed by atoms with Crippen molar-refractivity contribution in [2.24, 2.45) is 5.92 Å². The van der Waals surface area contributed by atoms with Crippen LogP contribution in [0.1, 0.15) is 84.1 Å². The van der Waals surface area contributed by atoms with Crippen LogP contribution in [0.4, 0.5) is 35.1 Å². The van der Waals surface area contributed by atoms with Crippen molar-refractivity contribution in [3.05, 3.63) is 91.4 Å². The van der Waals surface area contributed by atoms with Gasteiger partial charge in [0.15, 0.2) is 0 Å². The van der Waals surface area contributed by atoms with E-state index in [4.69, 9.17) is 0 Å². The molecule has 2 aromatic carbocycles. The third kappa shape index (κ3) is 9.95. The second kappa shape index (κ2) is 16.0. The van der Waals surface area contributed by atoms with E-state index in [9.17, 15) is 45.8 Å². The lowest BCUT2D eigenvalue weighted by atomic mass is 9.88. The smallest absolute Gasteiger partial charge is 0.419 e. The minimum atomic E-state index is -5.37. The van der Waals surface area contributed by atoms with Crippen molar-refractivity contribution in [2.75, 3.05) is 20.6 Å². The molecule has 0 saturated carbocycles. The van der Waals surface area contributed by atoms with E-state index >= 15 is 8.78 Å². The van der Waals surface area contributed by atoms with E-state index in [-0.39, 0.29) is 30.4 Å². The van der Waals surface area contributed by atoms with Crippen LogP contribution in [0.3, 0.4) is 0 Å². The molecule has 3 aromatic rings. The van der Waals surface area contributed by atoms with Crippen LogP contribution < -0.4 is 10.9 Å². The molecule has 0 aliphatic rings. The van der Waals surface area contributed by atoms with Crippen molar-refractivity contribution in [1.29, 1.82) is 0 Å². The number of halogens is 8. The molecular weight excluding hydrogens is 690 g/mol. The number of rotatable bonds is 13. The molecule has 3 rings (SSSR count). The Morgan fingerprint density at radius 1 is 0.902 bits per heavy atom. The Morgan fingerprint density at radius 3 is 1.96 bits per heavy atom. The highest BCUT2D eigenvalue weighted by atomic mass is 19.4. The summed E-state index contributed by atoms with van der Waals surface area (Å²) in [5.41, 5.74) is -5.32. The quantitative estimate of drug-likeness (QED) is 0.173. The fourth-order valence-corrected chi connectivity index (χ4v) is 6.30. The minimum absolute atomic E-state index is 0.000962. The first-order valence-electron chi connectivity index (χ1n) is 16.1. The van der Waals surface area contributed by atoms with Gasteiger partial charge in [0.05, 0.1) is 23.6 Å². The van der Waals surface area contributed by atoms with Crippen molar-refractivity contribution >= 4 is 11.9 Å². The third-order valence-electron chi connectivity index (χ3n) is 8.38. The van der Waals surface area contributed by atoms with E-state index in [1.54, 1.807) is 51.9 Å². The average molecular weight is 732 g/mol. The first kappa shape index (κ1) is 41.2. The monoisotopic (exact) mass is 731 g/mol. The normalized spacial score (nSPS) is 13.5. The largest absolute Gasteiger partial charge is 0.481 e. The highest BCUT2D eigenvalue weighted by molar-refractivity contribution is 5.82. The van der Waals surface area contributed by atoms with Crippen LogP contribution in [-0.4, -0.2) is 47.1 Å². The molecule has 0 radical (unpaired) electrons. The molecule has 1 amide bonds. The number of carbonyl (C=O) groups is 2. The second-order valence-corrected chi connectivity index (χ2v) is 13.5. The maximum Gasteiger partial charge on any atom is 0.419 e. The van der Waals surface area contributed by atoms with E-state index in [0.717, 1.165) is 10.8 Å². The van der Waals surface area contributed by atoms with Gasteiger partial charge in [0.2, 0.25) is 5.91 Å². The van der Waals surface area contributed by atoms with Crippen LogP contribution in [0.25, 0.3) is 11.1 Å². The van der Waals surface area contributed by atoms with Crippen molar-refractivity contribution in [3.63, 3.8) is 0 Å². The first-order valence-corrected chi connectivity index (χ1v) is 16.1. The molecule has 0 aliphatic heterocycles. The fraction of sp³-hybridized carbons (Fsp3) is 0.472. The summed E-state index contributed by atoms with van der Waals surface area (Å²) in [6.45, 7) is 8.35. The molecule has 0 aliphatic carbocycles. The molecule has 0 fully saturated rings. The number of nitrogens with one attached hydrogen (secondary N) is 1. The molecule has 0 spiro atoms. The third-order valence-corrected chi connectivity index (χ3v) is 8.38. The summed E-state index contributed by atoms with van der Waals surface area (Å²) in [6, 6.07) is -0.100. The number of amides is 1. The van der Waals surface area contributed by atoms with Crippen molar-refractivity contribution in [2.45, 2.75) is 84.7 Å². The van der Waals surface area contributed by atoms with Crippen LogP contribution in [0.5, 0.6) is 0 Å². The number of aromatic nitrogens is 1. The van der Waals surface area contributed by atoms with Gasteiger partial charge < -0.3 is 19.9 Å². The van der Waals surface area contributed by atoms with Crippen LogP contribution in [0, 0.1) is 38.3 Å². The summed E-state index contributed by atoms with van der Waals surface area (Å²) in [4.78, 5) is 40.8. The van der Waals surface area contributed by atoms with Gasteiger partial charge >= 0.3 is 18.3 Å². The Bertz CT molecular complexity index is 1810. The zero-order chi connectivity index (χ0) is 38.7. The van der Waals surface area contributed by atoms with E-state index in [2.05, 4.69) is 5.32 Å². The van der Waals surface area contributed by atoms with Crippen molar-refractivity contribution < 1.29 is 49.8 Å². The maximum absolute atomic E-state index is 16.5. The number of aliphatic carboxylic acids is 1. The van der Waals surface area contributed by atoms with Crippen LogP contribution in [0.15, 0.2) is 35.3 Å². The lowest BCUT2D eigenvalue weighted by molar-refractivity contribution is -0.140. The zero-order valence-corrected chi connectivity index (χ0v) is 29.2. The number of carboxylic acids is 1. The number of pyridine rings is 1. The summed E-state index contributed by atoms with van der Waals surface area (Å²) in [6.07, 6.45) is -10.8. The summed E-state index contributed by atoms with van der Waals surface area (Å²) >= 11 is 0. The number of carboxylic acid groups (broad SMARTS) is 1. The molecule has 1 aromatic heterocycles. The highest BCUT2D eigenvalue weighted by Gasteiger charge is 2.41. The maximum atomic E-state index is 16.5. The summed E-state index contributed by atoms with van der Waals surface area (Å²) < 4.78 is 118. The summed E-state index contributed by atoms with van der Waals surface area (Å²) in [5, 5.41) is 11.8. The molecule has 2 N–H and O–H groups in total. The van der Waals surface area contributed by atoms with E-state index in [1.807, 2.05) is 0 Å². The number of hydrogen-bond acceptors (Lipinski definition) is 4.